The molecule has 6 nitrogen and oxygen atoms in total. The van der Waals surface area contributed by atoms with Gasteiger partial charge in [0.1, 0.15) is 11.6 Å². The van der Waals surface area contributed by atoms with E-state index in [0.717, 1.165) is 0 Å². The summed E-state index contributed by atoms with van der Waals surface area (Å²) in [6, 6.07) is 4.33. The van der Waals surface area contributed by atoms with Crippen LogP contribution in [0.15, 0.2) is 18.2 Å². The molecule has 8 heteroatoms. The summed E-state index contributed by atoms with van der Waals surface area (Å²) in [6.45, 7) is 2.17. The van der Waals surface area contributed by atoms with Crippen molar-refractivity contribution < 1.29 is 13.9 Å². The van der Waals surface area contributed by atoms with E-state index in [-0.39, 0.29) is 22.9 Å². The number of nitrogens with one attached hydrogen (secondary N) is 1. The number of hydrogen-bond donors (Lipinski definition) is 1. The highest BCUT2D eigenvalue weighted by molar-refractivity contribution is 6.28. The molecular formula is C12H12ClFN4O2. The van der Waals surface area contributed by atoms with Crippen molar-refractivity contribution in [1.82, 2.24) is 15.0 Å². The van der Waals surface area contributed by atoms with E-state index in [9.17, 15) is 4.39 Å². The minimum atomic E-state index is -0.472. The fourth-order valence-electron chi connectivity index (χ4n) is 1.43. The van der Waals surface area contributed by atoms with Crippen LogP contribution in [0.4, 0.5) is 16.0 Å². The molecule has 1 heterocycles. The lowest BCUT2D eigenvalue weighted by Gasteiger charge is -2.09. The first-order chi connectivity index (χ1) is 9.62. The molecular weight excluding hydrogens is 287 g/mol. The molecule has 0 atom stereocenters. The van der Waals surface area contributed by atoms with Crippen LogP contribution in [0.1, 0.15) is 6.92 Å². The molecule has 2 aromatic rings. The Balaban J connectivity index is 2.29. The number of nitrogens with zero attached hydrogens (tertiary/aromatic N) is 3. The zero-order valence-corrected chi connectivity index (χ0v) is 11.6. The molecule has 0 amide bonds. The van der Waals surface area contributed by atoms with E-state index in [1.807, 2.05) is 0 Å². The lowest BCUT2D eigenvalue weighted by Crippen LogP contribution is -2.04. The average Bonchev–Trinajstić information content (AvgIpc) is 2.41. The van der Waals surface area contributed by atoms with Crippen LogP contribution in [0.25, 0.3) is 0 Å². The zero-order valence-electron chi connectivity index (χ0n) is 10.9. The number of halogens is 2. The van der Waals surface area contributed by atoms with Crippen LogP contribution < -0.4 is 14.8 Å². The number of methoxy groups -OCH3 is 1. The summed E-state index contributed by atoms with van der Waals surface area (Å²) in [5.41, 5.74) is 0.161. The average molecular weight is 299 g/mol. The van der Waals surface area contributed by atoms with Crippen molar-refractivity contribution in [1.29, 1.82) is 0 Å². The van der Waals surface area contributed by atoms with Gasteiger partial charge >= 0.3 is 6.01 Å². The molecule has 0 aliphatic carbocycles. The van der Waals surface area contributed by atoms with Crippen LogP contribution in [0, 0.1) is 5.82 Å². The Kier molecular flexibility index (Phi) is 4.52. The summed E-state index contributed by atoms with van der Waals surface area (Å²) in [5, 5.41) is 2.66. The standard InChI is InChI=1S/C12H12ClFN4O2/c1-3-20-12-17-10(13)16-11(18-12)15-9-6-7(19-2)4-5-8(9)14/h4-6H,3H2,1-2H3,(H,15,16,17,18). The molecule has 1 aromatic carbocycles. The first-order valence-corrected chi connectivity index (χ1v) is 6.15. The topological polar surface area (TPSA) is 69.2 Å². The van der Waals surface area contributed by atoms with Crippen molar-refractivity contribution in [2.24, 2.45) is 0 Å². The molecule has 0 bridgehead atoms. The molecule has 0 fully saturated rings. The first-order valence-electron chi connectivity index (χ1n) is 5.77. The molecule has 2 rings (SSSR count). The van der Waals surface area contributed by atoms with E-state index >= 15 is 0 Å². The minimum Gasteiger partial charge on any atom is -0.497 e. The van der Waals surface area contributed by atoms with Gasteiger partial charge in [0.2, 0.25) is 11.2 Å². The Labute approximate surface area is 119 Å². The van der Waals surface area contributed by atoms with Crippen molar-refractivity contribution in [3.8, 4) is 11.8 Å². The second kappa shape index (κ2) is 6.33. The number of hydrogen-bond acceptors (Lipinski definition) is 6. The van der Waals surface area contributed by atoms with Crippen molar-refractivity contribution in [3.63, 3.8) is 0 Å². The van der Waals surface area contributed by atoms with Crippen LogP contribution >= 0.6 is 11.6 Å². The molecule has 0 saturated heterocycles. The highest BCUT2D eigenvalue weighted by Gasteiger charge is 2.09. The molecule has 0 unspecified atom stereocenters. The quantitative estimate of drug-likeness (QED) is 0.915. The van der Waals surface area contributed by atoms with Gasteiger partial charge in [-0.3, -0.25) is 0 Å². The molecule has 0 aliphatic heterocycles. The van der Waals surface area contributed by atoms with Gasteiger partial charge in [0.05, 0.1) is 19.4 Å². The number of aromatic nitrogens is 3. The summed E-state index contributed by atoms with van der Waals surface area (Å²) >= 11 is 5.75. The van der Waals surface area contributed by atoms with Crippen LogP contribution in [0.2, 0.25) is 5.28 Å². The van der Waals surface area contributed by atoms with E-state index in [0.29, 0.717) is 12.4 Å². The second-order valence-corrected chi connectivity index (χ2v) is 3.95. The van der Waals surface area contributed by atoms with Gasteiger partial charge in [-0.15, -0.1) is 0 Å². The predicted octanol–water partition coefficient (Wildman–Crippen LogP) is 2.82. The third-order valence-electron chi connectivity index (χ3n) is 2.28. The molecule has 0 spiro atoms. The second-order valence-electron chi connectivity index (χ2n) is 3.61. The highest BCUT2D eigenvalue weighted by Crippen LogP contribution is 2.24. The zero-order chi connectivity index (χ0) is 14.5. The van der Waals surface area contributed by atoms with Crippen LogP contribution in [-0.4, -0.2) is 28.7 Å². The number of benzene rings is 1. The molecule has 0 saturated carbocycles. The number of ether oxygens (including phenoxy) is 2. The largest absolute Gasteiger partial charge is 0.497 e. The molecule has 1 N–H and O–H groups in total. The van der Waals surface area contributed by atoms with Gasteiger partial charge in [-0.2, -0.15) is 15.0 Å². The van der Waals surface area contributed by atoms with Gasteiger partial charge in [-0.05, 0) is 30.7 Å². The summed E-state index contributed by atoms with van der Waals surface area (Å²) in [5.74, 6) is 0.111. The van der Waals surface area contributed by atoms with E-state index in [1.54, 1.807) is 6.92 Å². The Morgan fingerprint density at radius 2 is 2.10 bits per heavy atom. The Hall–Kier alpha value is -2.15. The third kappa shape index (κ3) is 3.45. The van der Waals surface area contributed by atoms with Crippen molar-refractivity contribution in [3.05, 3.63) is 29.3 Å². The van der Waals surface area contributed by atoms with Gasteiger partial charge in [0.25, 0.3) is 0 Å². The molecule has 0 aliphatic rings. The molecule has 106 valence electrons. The van der Waals surface area contributed by atoms with Gasteiger partial charge in [-0.1, -0.05) is 0 Å². The fraction of sp³-hybridized carbons (Fsp3) is 0.250. The minimum absolute atomic E-state index is 0.0470. The van der Waals surface area contributed by atoms with Crippen LogP contribution in [0.5, 0.6) is 11.8 Å². The monoisotopic (exact) mass is 298 g/mol. The Morgan fingerprint density at radius 1 is 1.30 bits per heavy atom. The highest BCUT2D eigenvalue weighted by atomic mass is 35.5. The van der Waals surface area contributed by atoms with Crippen molar-refractivity contribution in [2.75, 3.05) is 19.0 Å². The van der Waals surface area contributed by atoms with Crippen molar-refractivity contribution in [2.45, 2.75) is 6.92 Å². The lowest BCUT2D eigenvalue weighted by atomic mass is 10.3. The van der Waals surface area contributed by atoms with E-state index in [1.165, 1.54) is 25.3 Å². The first kappa shape index (κ1) is 14.3. The predicted molar refractivity (Wildman–Crippen MR) is 72.2 cm³/mol. The summed E-state index contributed by atoms with van der Waals surface area (Å²) in [4.78, 5) is 11.6. The summed E-state index contributed by atoms with van der Waals surface area (Å²) in [7, 11) is 1.49. The molecule has 1 aromatic heterocycles. The maximum Gasteiger partial charge on any atom is 0.322 e. The van der Waals surface area contributed by atoms with Gasteiger partial charge in [-0.25, -0.2) is 4.39 Å². The van der Waals surface area contributed by atoms with Gasteiger partial charge in [0.15, 0.2) is 0 Å². The lowest BCUT2D eigenvalue weighted by molar-refractivity contribution is 0.312. The summed E-state index contributed by atoms with van der Waals surface area (Å²) in [6.07, 6.45) is 0. The Bertz CT molecular complexity index is 612. The van der Waals surface area contributed by atoms with E-state index in [2.05, 4.69) is 20.3 Å². The maximum absolute atomic E-state index is 13.7. The van der Waals surface area contributed by atoms with Gasteiger partial charge in [0, 0.05) is 6.07 Å². The molecule has 20 heavy (non-hydrogen) atoms. The van der Waals surface area contributed by atoms with Crippen molar-refractivity contribution >= 4 is 23.2 Å². The normalized spacial score (nSPS) is 10.2. The van der Waals surface area contributed by atoms with Crippen LogP contribution in [-0.2, 0) is 0 Å². The number of anilines is 2. The number of rotatable bonds is 5. The third-order valence-corrected chi connectivity index (χ3v) is 2.45. The SMILES string of the molecule is CCOc1nc(Cl)nc(Nc2cc(OC)ccc2F)n1. The molecule has 0 radical (unpaired) electrons. The maximum atomic E-state index is 13.7. The Morgan fingerprint density at radius 3 is 2.80 bits per heavy atom. The van der Waals surface area contributed by atoms with E-state index in [4.69, 9.17) is 21.1 Å². The van der Waals surface area contributed by atoms with E-state index < -0.39 is 5.82 Å². The van der Waals surface area contributed by atoms with Crippen LogP contribution in [0.3, 0.4) is 0 Å². The smallest absolute Gasteiger partial charge is 0.322 e. The summed E-state index contributed by atoms with van der Waals surface area (Å²) < 4.78 is 23.8. The van der Waals surface area contributed by atoms with Gasteiger partial charge < -0.3 is 14.8 Å². The fourth-order valence-corrected chi connectivity index (χ4v) is 1.58.